The van der Waals surface area contributed by atoms with Crippen molar-refractivity contribution in [2.45, 2.75) is 13.5 Å². The zero-order chi connectivity index (χ0) is 13.9. The van der Waals surface area contributed by atoms with Crippen molar-refractivity contribution in [2.75, 3.05) is 19.8 Å². The second kappa shape index (κ2) is 4.25. The summed E-state index contributed by atoms with van der Waals surface area (Å²) in [5.41, 5.74) is 3.19. The average Bonchev–Trinajstić information content (AvgIpc) is 2.76. The van der Waals surface area contributed by atoms with Gasteiger partial charge in [0.05, 0.1) is 12.4 Å². The third kappa shape index (κ3) is 1.76. The predicted molar refractivity (Wildman–Crippen MR) is 75.0 cm³/mol. The molecule has 1 aliphatic heterocycles. The van der Waals surface area contributed by atoms with Gasteiger partial charge in [-0.1, -0.05) is 0 Å². The summed E-state index contributed by atoms with van der Waals surface area (Å²) in [7, 11) is 1.92. The van der Waals surface area contributed by atoms with E-state index >= 15 is 0 Å². The first-order valence-electron chi connectivity index (χ1n) is 7.24. The van der Waals surface area contributed by atoms with Crippen LogP contribution in [0.1, 0.15) is 11.3 Å². The number of hydrogen-bond donors (Lipinski definition) is 0. The van der Waals surface area contributed by atoms with Gasteiger partial charge in [0.1, 0.15) is 0 Å². The maximum atomic E-state index is 12.6. The van der Waals surface area contributed by atoms with Crippen LogP contribution in [-0.4, -0.2) is 39.4 Å². The fourth-order valence-corrected chi connectivity index (χ4v) is 3.79. The standard InChI is InChI=1S/C15H19FN4/c1-9-11-3-10(5-17-15(11)19(2)18-9)6-20-7-13-12(4-16)14(13)8-20/h3,5,12-14H,4,6-8H2,1-2H3/t12?,13-,14+. The van der Waals surface area contributed by atoms with Crippen molar-refractivity contribution in [3.63, 3.8) is 0 Å². The summed E-state index contributed by atoms with van der Waals surface area (Å²) in [4.78, 5) is 6.95. The van der Waals surface area contributed by atoms with Crippen LogP contribution in [0.3, 0.4) is 0 Å². The van der Waals surface area contributed by atoms with Crippen LogP contribution in [0.4, 0.5) is 4.39 Å². The second-order valence-corrected chi connectivity index (χ2v) is 6.26. The molecule has 1 saturated carbocycles. The molecule has 2 aliphatic rings. The molecule has 3 atom stereocenters. The van der Waals surface area contributed by atoms with E-state index in [4.69, 9.17) is 0 Å². The van der Waals surface area contributed by atoms with Crippen molar-refractivity contribution in [3.05, 3.63) is 23.5 Å². The molecule has 1 unspecified atom stereocenters. The fourth-order valence-electron chi connectivity index (χ4n) is 3.79. The van der Waals surface area contributed by atoms with Crippen LogP contribution in [0, 0.1) is 24.7 Å². The molecule has 0 spiro atoms. The number of piperidine rings is 1. The van der Waals surface area contributed by atoms with E-state index < -0.39 is 0 Å². The molecule has 0 N–H and O–H groups in total. The summed E-state index contributed by atoms with van der Waals surface area (Å²) in [6, 6.07) is 2.20. The molecule has 0 amide bonds. The third-order valence-electron chi connectivity index (χ3n) is 4.95. The smallest absolute Gasteiger partial charge is 0.157 e. The van der Waals surface area contributed by atoms with Crippen LogP contribution in [0.15, 0.2) is 12.3 Å². The zero-order valence-electron chi connectivity index (χ0n) is 11.9. The fraction of sp³-hybridized carbons (Fsp3) is 0.600. The van der Waals surface area contributed by atoms with Gasteiger partial charge in [-0.15, -0.1) is 0 Å². The number of halogens is 1. The molecule has 0 aromatic carbocycles. The molecule has 2 aromatic heterocycles. The van der Waals surface area contributed by atoms with Gasteiger partial charge in [0.25, 0.3) is 0 Å². The molecule has 4 rings (SSSR count). The minimum absolute atomic E-state index is 0.133. The number of aromatic nitrogens is 3. The van der Waals surface area contributed by atoms with Gasteiger partial charge in [-0.3, -0.25) is 14.0 Å². The number of nitrogens with zero attached hydrogens (tertiary/aromatic N) is 4. The Labute approximate surface area is 117 Å². The summed E-state index contributed by atoms with van der Waals surface area (Å²) in [5.74, 6) is 1.57. The predicted octanol–water partition coefficient (Wildman–Crippen LogP) is 1.92. The van der Waals surface area contributed by atoms with E-state index in [9.17, 15) is 4.39 Å². The number of likely N-dealkylation sites (tertiary alicyclic amines) is 1. The van der Waals surface area contributed by atoms with E-state index in [1.54, 1.807) is 0 Å². The molecule has 1 saturated heterocycles. The van der Waals surface area contributed by atoms with Gasteiger partial charge in [0.15, 0.2) is 5.65 Å². The Balaban J connectivity index is 1.51. The normalized spacial score (nSPS) is 29.1. The quantitative estimate of drug-likeness (QED) is 0.857. The van der Waals surface area contributed by atoms with Crippen molar-refractivity contribution >= 4 is 11.0 Å². The van der Waals surface area contributed by atoms with E-state index in [2.05, 4.69) is 21.0 Å². The number of rotatable bonds is 3. The van der Waals surface area contributed by atoms with E-state index in [1.807, 2.05) is 24.9 Å². The number of hydrogen-bond acceptors (Lipinski definition) is 3. The Morgan fingerprint density at radius 1 is 1.35 bits per heavy atom. The molecule has 0 radical (unpaired) electrons. The van der Waals surface area contributed by atoms with Crippen LogP contribution in [0.5, 0.6) is 0 Å². The highest BCUT2D eigenvalue weighted by Crippen LogP contribution is 2.51. The lowest BCUT2D eigenvalue weighted by Gasteiger charge is -2.18. The molecule has 0 bridgehead atoms. The molecule has 20 heavy (non-hydrogen) atoms. The Bertz CT molecular complexity index is 653. The van der Waals surface area contributed by atoms with E-state index in [0.29, 0.717) is 17.8 Å². The molecule has 5 heteroatoms. The van der Waals surface area contributed by atoms with Crippen LogP contribution >= 0.6 is 0 Å². The van der Waals surface area contributed by atoms with Crippen LogP contribution in [0.25, 0.3) is 11.0 Å². The molecule has 106 valence electrons. The number of fused-ring (bicyclic) bond motifs is 2. The van der Waals surface area contributed by atoms with Crippen molar-refractivity contribution in [3.8, 4) is 0 Å². The lowest BCUT2D eigenvalue weighted by Crippen LogP contribution is -2.24. The number of alkyl halides is 1. The first-order chi connectivity index (χ1) is 9.67. The molecule has 3 heterocycles. The lowest BCUT2D eigenvalue weighted by atomic mass is 10.2. The summed E-state index contributed by atoms with van der Waals surface area (Å²) in [6.45, 7) is 4.89. The molecule has 2 aromatic rings. The highest BCUT2D eigenvalue weighted by Gasteiger charge is 2.55. The third-order valence-corrected chi connectivity index (χ3v) is 4.95. The Morgan fingerprint density at radius 3 is 2.80 bits per heavy atom. The largest absolute Gasteiger partial charge is 0.298 e. The van der Waals surface area contributed by atoms with Gasteiger partial charge in [-0.25, -0.2) is 4.98 Å². The summed E-state index contributed by atoms with van der Waals surface area (Å²) in [5, 5.41) is 5.54. The topological polar surface area (TPSA) is 34.0 Å². The van der Waals surface area contributed by atoms with Crippen molar-refractivity contribution in [1.29, 1.82) is 0 Å². The number of pyridine rings is 1. The van der Waals surface area contributed by atoms with Gasteiger partial charge in [-0.2, -0.15) is 5.10 Å². The highest BCUT2D eigenvalue weighted by atomic mass is 19.1. The summed E-state index contributed by atoms with van der Waals surface area (Å²) < 4.78 is 14.5. The maximum absolute atomic E-state index is 12.6. The Morgan fingerprint density at radius 2 is 2.10 bits per heavy atom. The monoisotopic (exact) mass is 274 g/mol. The van der Waals surface area contributed by atoms with Crippen LogP contribution in [-0.2, 0) is 13.6 Å². The average molecular weight is 274 g/mol. The van der Waals surface area contributed by atoms with Gasteiger partial charge < -0.3 is 0 Å². The van der Waals surface area contributed by atoms with Gasteiger partial charge in [0.2, 0.25) is 0 Å². The maximum Gasteiger partial charge on any atom is 0.157 e. The Hall–Kier alpha value is -1.49. The first kappa shape index (κ1) is 12.3. The molecule has 2 fully saturated rings. The van der Waals surface area contributed by atoms with Crippen molar-refractivity contribution in [1.82, 2.24) is 19.7 Å². The van der Waals surface area contributed by atoms with E-state index in [-0.39, 0.29) is 6.67 Å². The Kier molecular flexibility index (Phi) is 2.61. The van der Waals surface area contributed by atoms with Gasteiger partial charge in [0, 0.05) is 38.3 Å². The minimum Gasteiger partial charge on any atom is -0.298 e. The van der Waals surface area contributed by atoms with Crippen molar-refractivity contribution < 1.29 is 4.39 Å². The molecule has 1 aliphatic carbocycles. The van der Waals surface area contributed by atoms with Crippen LogP contribution in [0.2, 0.25) is 0 Å². The van der Waals surface area contributed by atoms with Gasteiger partial charge >= 0.3 is 0 Å². The first-order valence-corrected chi connectivity index (χ1v) is 7.24. The summed E-state index contributed by atoms with van der Waals surface area (Å²) in [6.07, 6.45) is 1.94. The SMILES string of the molecule is Cc1nn(C)c2ncc(CN3C[C@@H]4C(CF)[C@@H]4C3)cc12. The molecular formula is C15H19FN4. The highest BCUT2D eigenvalue weighted by molar-refractivity contribution is 5.78. The van der Waals surface area contributed by atoms with E-state index in [1.165, 1.54) is 5.56 Å². The van der Waals surface area contributed by atoms with Crippen molar-refractivity contribution in [2.24, 2.45) is 24.8 Å². The summed E-state index contributed by atoms with van der Waals surface area (Å²) >= 11 is 0. The van der Waals surface area contributed by atoms with Gasteiger partial charge in [-0.05, 0) is 36.3 Å². The molecular weight excluding hydrogens is 255 g/mol. The zero-order valence-corrected chi connectivity index (χ0v) is 11.9. The number of aryl methyl sites for hydroxylation is 2. The molecule has 4 nitrogen and oxygen atoms in total. The van der Waals surface area contributed by atoms with E-state index in [0.717, 1.165) is 36.4 Å². The minimum atomic E-state index is -0.133. The second-order valence-electron chi connectivity index (χ2n) is 6.26. The van der Waals surface area contributed by atoms with Crippen LogP contribution < -0.4 is 0 Å². The lowest BCUT2D eigenvalue weighted by molar-refractivity contribution is 0.263.